The number of anilines is 6. The summed E-state index contributed by atoms with van der Waals surface area (Å²) in [6, 6.07) is 40.4. The smallest absolute Gasteiger partial charge is 0.270 e. The molecule has 3 amide bonds. The van der Waals surface area contributed by atoms with Crippen LogP contribution >= 0.6 is 22.7 Å². The number of benzene rings is 3. The summed E-state index contributed by atoms with van der Waals surface area (Å²) in [6.07, 6.45) is 11.2. The number of nitrogens with zero attached hydrogens (tertiary/aromatic N) is 14. The van der Waals surface area contributed by atoms with Crippen molar-refractivity contribution in [2.45, 2.75) is 13.3 Å². The minimum absolute atomic E-state index is 0.00235. The van der Waals surface area contributed by atoms with Crippen molar-refractivity contribution in [3.8, 4) is 45.7 Å². The monoisotopic (exact) mass is 1310 g/mol. The van der Waals surface area contributed by atoms with Gasteiger partial charge in [-0.05, 0) is 152 Å². The Morgan fingerprint density at radius 1 is 0.474 bits per heavy atom. The van der Waals surface area contributed by atoms with E-state index in [1.54, 1.807) is 82.4 Å². The van der Waals surface area contributed by atoms with Gasteiger partial charge in [0.2, 0.25) is 17.8 Å². The van der Waals surface area contributed by atoms with Crippen molar-refractivity contribution < 1.29 is 23.9 Å². The van der Waals surface area contributed by atoms with Gasteiger partial charge in [0.25, 0.3) is 17.7 Å². The number of nitrogens with one attached hydrogen (secondary N) is 4. The van der Waals surface area contributed by atoms with Crippen molar-refractivity contribution in [3.63, 3.8) is 0 Å². The molecule has 9 aromatic heterocycles. The zero-order valence-electron chi connectivity index (χ0n) is 53.6. The molecule has 11 heterocycles. The Balaban J connectivity index is 0.000000137. The Kier molecular flexibility index (Phi) is 19.9. The lowest BCUT2D eigenvalue weighted by molar-refractivity contribution is 0.0655. The standard InChI is InChI=1S/C25H27N7O.C24H24N6O2S.C21H19N5O2S/c1-3-17-6-8-26-22(14-17)21-7-9-27-25(30-21)28-19-4-5-20-18(15-19)16-23(29-20)24(33)32-12-10-31(2)11-13-32;1-29-9-11-30(12-10-29)23(31)22-14-16-13-17(3-4-21(16)33-22)27-24-26-8-6-19(28-24)20-15-18(32-2)5-7-25-20;1-26(2)20(27)19-11-13-10-14(4-5-18(13)29-19)24-21-23-9-7-16(25-21)17-12-15(28-3)6-8-22-17/h4-9,14-16,29H,3,10-13H2,1-2H3,(H,27,28,30);3-8,13-15H,9-12H2,1-2H3,(H,26,27,28);4-12H,1-3H3,(H,23,24,25). The number of hydrogen-bond acceptors (Lipinski definition) is 21. The highest BCUT2D eigenvalue weighted by atomic mass is 32.1. The lowest BCUT2D eigenvalue weighted by atomic mass is 10.1. The van der Waals surface area contributed by atoms with Crippen molar-refractivity contribution in [2.24, 2.45) is 0 Å². The van der Waals surface area contributed by atoms with Crippen LogP contribution in [0.15, 0.2) is 165 Å². The zero-order chi connectivity index (χ0) is 66.0. The molecular weight excluding hydrogens is 1240 g/mol. The number of piperazine rings is 2. The molecule has 0 radical (unpaired) electrons. The Hall–Kier alpha value is -10.9. The number of thiophene rings is 2. The second-order valence-corrected chi connectivity index (χ2v) is 25.0. The van der Waals surface area contributed by atoms with Crippen LogP contribution in [0, 0.1) is 0 Å². The summed E-state index contributed by atoms with van der Waals surface area (Å²) in [4.78, 5) is 92.6. The fourth-order valence-corrected chi connectivity index (χ4v) is 12.7. The fourth-order valence-electron chi connectivity index (χ4n) is 10.6. The van der Waals surface area contributed by atoms with Crippen LogP contribution in [0.5, 0.6) is 11.5 Å². The summed E-state index contributed by atoms with van der Waals surface area (Å²) in [5.41, 5.74) is 9.71. The van der Waals surface area contributed by atoms with E-state index in [1.165, 1.54) is 28.2 Å². The number of ether oxygens (including phenoxy) is 2. The largest absolute Gasteiger partial charge is 0.497 e. The molecule has 0 aliphatic carbocycles. The van der Waals surface area contributed by atoms with E-state index in [0.717, 1.165) is 129 Å². The maximum atomic E-state index is 12.9. The molecule has 25 heteroatoms. The summed E-state index contributed by atoms with van der Waals surface area (Å²) < 4.78 is 12.7. The van der Waals surface area contributed by atoms with E-state index in [1.807, 2.05) is 119 Å². The van der Waals surface area contributed by atoms with Crippen LogP contribution in [0.25, 0.3) is 65.2 Å². The van der Waals surface area contributed by atoms with Crippen molar-refractivity contribution in [2.75, 3.05) is 111 Å². The number of carbonyl (C=O) groups excluding carboxylic acids is 3. The van der Waals surface area contributed by atoms with E-state index < -0.39 is 0 Å². The Bertz CT molecular complexity index is 4510. The number of rotatable bonds is 15. The minimum atomic E-state index is 0.00235. The second kappa shape index (κ2) is 29.4. The summed E-state index contributed by atoms with van der Waals surface area (Å²) in [5.74, 6) is 3.04. The van der Waals surface area contributed by atoms with Crippen molar-refractivity contribution in [3.05, 3.63) is 186 Å². The van der Waals surface area contributed by atoms with Crippen LogP contribution < -0.4 is 25.4 Å². The first kappa shape index (κ1) is 64.3. The number of hydrogen-bond donors (Lipinski definition) is 4. The zero-order valence-corrected chi connectivity index (χ0v) is 55.2. The molecule has 14 rings (SSSR count). The predicted octanol–water partition coefficient (Wildman–Crippen LogP) is 11.8. The maximum absolute atomic E-state index is 12.9. The molecule has 2 aliphatic rings. The maximum Gasteiger partial charge on any atom is 0.270 e. The van der Waals surface area contributed by atoms with Gasteiger partial charge < -0.3 is 54.9 Å². The highest BCUT2D eigenvalue weighted by molar-refractivity contribution is 7.21. The molecule has 0 unspecified atom stereocenters. The quantitative estimate of drug-likeness (QED) is 0.0744. The Morgan fingerprint density at radius 3 is 1.39 bits per heavy atom. The molecule has 0 spiro atoms. The van der Waals surface area contributed by atoms with Gasteiger partial charge in [-0.3, -0.25) is 29.3 Å². The summed E-state index contributed by atoms with van der Waals surface area (Å²) in [5, 5.41) is 12.7. The first-order valence-corrected chi connectivity index (χ1v) is 32.5. The number of aryl methyl sites for hydroxylation is 1. The molecule has 482 valence electrons. The lowest BCUT2D eigenvalue weighted by Gasteiger charge is -2.32. The molecule has 0 bridgehead atoms. The number of carbonyl (C=O) groups is 3. The molecule has 2 saturated heterocycles. The van der Waals surface area contributed by atoms with Gasteiger partial charge in [-0.1, -0.05) is 6.92 Å². The van der Waals surface area contributed by atoms with E-state index in [-0.39, 0.29) is 17.7 Å². The van der Waals surface area contributed by atoms with E-state index in [0.29, 0.717) is 56.9 Å². The Morgan fingerprint density at radius 2 is 0.905 bits per heavy atom. The van der Waals surface area contributed by atoms with Crippen LogP contribution in [0.2, 0.25) is 0 Å². The molecule has 2 fully saturated rings. The fraction of sp³-hybridized carbons (Fsp3) is 0.229. The van der Waals surface area contributed by atoms with Crippen LogP contribution in [-0.4, -0.2) is 187 Å². The van der Waals surface area contributed by atoms with Crippen LogP contribution in [0.4, 0.5) is 34.9 Å². The molecule has 95 heavy (non-hydrogen) atoms. The predicted molar refractivity (Wildman–Crippen MR) is 375 cm³/mol. The van der Waals surface area contributed by atoms with E-state index in [2.05, 4.69) is 103 Å². The van der Waals surface area contributed by atoms with Gasteiger partial charge >= 0.3 is 0 Å². The first-order valence-electron chi connectivity index (χ1n) is 30.8. The average molecular weight is 1310 g/mol. The Labute approximate surface area is 556 Å². The molecular formula is C70H70N18O5S2. The van der Waals surface area contributed by atoms with Gasteiger partial charge in [0.1, 0.15) is 17.2 Å². The van der Waals surface area contributed by atoms with Gasteiger partial charge in [0.15, 0.2) is 0 Å². The van der Waals surface area contributed by atoms with Crippen LogP contribution in [-0.2, 0) is 6.42 Å². The van der Waals surface area contributed by atoms with Crippen LogP contribution in [0.3, 0.4) is 0 Å². The van der Waals surface area contributed by atoms with Crippen molar-refractivity contribution >= 4 is 106 Å². The normalized spacial score (nSPS) is 13.3. The number of pyridine rings is 3. The molecule has 4 N–H and O–H groups in total. The summed E-state index contributed by atoms with van der Waals surface area (Å²) >= 11 is 3.02. The van der Waals surface area contributed by atoms with Gasteiger partial charge in [-0.2, -0.15) is 0 Å². The lowest BCUT2D eigenvalue weighted by Crippen LogP contribution is -2.47. The van der Waals surface area contributed by atoms with Gasteiger partial charge in [0, 0.05) is 153 Å². The number of amides is 3. The second-order valence-electron chi connectivity index (χ2n) is 22.8. The molecule has 2 aliphatic heterocycles. The number of fused-ring (bicyclic) bond motifs is 3. The minimum Gasteiger partial charge on any atom is -0.497 e. The van der Waals surface area contributed by atoms with Gasteiger partial charge in [0.05, 0.1) is 58.1 Å². The topological polar surface area (TPSA) is 254 Å². The highest BCUT2D eigenvalue weighted by Crippen LogP contribution is 2.33. The molecule has 12 aromatic rings. The van der Waals surface area contributed by atoms with Gasteiger partial charge in [-0.25, -0.2) is 29.9 Å². The molecule has 0 atom stereocenters. The van der Waals surface area contributed by atoms with E-state index in [9.17, 15) is 14.4 Å². The SMILES string of the molecule is CCc1ccnc(-c2ccnc(Nc3ccc4[nH]c(C(=O)N5CCN(C)CC5)cc4c3)n2)c1.COc1ccnc(-c2ccnc(Nc3ccc4sc(C(=O)N(C)C)cc4c3)n2)c1.COc1ccnc(-c2ccnc(Nc3ccc4sc(C(=O)N5CCN(C)CC5)cc4c3)n2)c1. The average Bonchev–Trinajstić information content (AvgIpc) is 1.73. The van der Waals surface area contributed by atoms with Gasteiger partial charge in [-0.15, -0.1) is 22.7 Å². The number of H-pyrrole nitrogens is 1. The first-order chi connectivity index (χ1) is 46.2. The number of methoxy groups -OCH3 is 2. The molecule has 23 nitrogen and oxygen atoms in total. The summed E-state index contributed by atoms with van der Waals surface area (Å²) in [7, 11) is 10.9. The molecule has 3 aromatic carbocycles. The van der Waals surface area contributed by atoms with Crippen molar-refractivity contribution in [1.29, 1.82) is 0 Å². The highest BCUT2D eigenvalue weighted by Gasteiger charge is 2.24. The van der Waals surface area contributed by atoms with E-state index >= 15 is 0 Å². The third kappa shape index (κ3) is 15.8. The van der Waals surface area contributed by atoms with E-state index in [4.69, 9.17) is 9.47 Å². The summed E-state index contributed by atoms with van der Waals surface area (Å²) in [6.45, 7) is 8.78. The number of aromatic nitrogens is 10. The van der Waals surface area contributed by atoms with Crippen LogP contribution in [0.1, 0.15) is 42.3 Å². The number of likely N-dealkylation sites (N-methyl/N-ethyl adjacent to an activating group) is 2. The third-order valence-electron chi connectivity index (χ3n) is 16.0. The third-order valence-corrected chi connectivity index (χ3v) is 18.2. The number of aromatic amines is 1. The van der Waals surface area contributed by atoms with Crippen molar-refractivity contribution in [1.82, 2.24) is 74.3 Å². The molecule has 0 saturated carbocycles.